The number of furan rings is 1. The maximum atomic E-state index is 13.4. The molecule has 0 amide bonds. The van der Waals surface area contributed by atoms with Crippen molar-refractivity contribution in [3.8, 4) is 11.1 Å². The zero-order valence-corrected chi connectivity index (χ0v) is 19.3. The van der Waals surface area contributed by atoms with Crippen molar-refractivity contribution in [3.63, 3.8) is 0 Å². The van der Waals surface area contributed by atoms with Gasteiger partial charge in [0.25, 0.3) is 5.56 Å². The molecule has 8 nitrogen and oxygen atoms in total. The molecule has 1 aliphatic carbocycles. The summed E-state index contributed by atoms with van der Waals surface area (Å²) in [7, 11) is 1.34. The van der Waals surface area contributed by atoms with Crippen LogP contribution in [-0.2, 0) is 4.74 Å². The molecule has 0 aliphatic heterocycles. The van der Waals surface area contributed by atoms with Crippen LogP contribution in [-0.4, -0.2) is 27.8 Å². The Morgan fingerprint density at radius 1 is 1.03 bits per heavy atom. The molecule has 0 radical (unpaired) electrons. The Morgan fingerprint density at radius 2 is 1.77 bits per heavy atom. The normalized spacial score (nSPS) is 15.1. The Hall–Kier alpha value is -4.07. The van der Waals surface area contributed by atoms with E-state index in [4.69, 9.17) is 9.15 Å². The minimum atomic E-state index is -0.433. The second kappa shape index (κ2) is 8.30. The summed E-state index contributed by atoms with van der Waals surface area (Å²) in [6, 6.07) is 11.8. The summed E-state index contributed by atoms with van der Waals surface area (Å²) in [6.07, 6.45) is 6.65. The lowest BCUT2D eigenvalue weighted by Crippen LogP contribution is -2.13. The summed E-state index contributed by atoms with van der Waals surface area (Å²) in [5.74, 6) is -0.433. The predicted octanol–water partition coefficient (Wildman–Crippen LogP) is 5.27. The lowest BCUT2D eigenvalue weighted by Gasteiger charge is -2.17. The molecule has 2 N–H and O–H groups in total. The number of aromatic nitrogens is 3. The van der Waals surface area contributed by atoms with E-state index in [2.05, 4.69) is 10.1 Å². The van der Waals surface area contributed by atoms with Gasteiger partial charge in [-0.15, -0.1) is 0 Å². The van der Waals surface area contributed by atoms with Gasteiger partial charge in [-0.1, -0.05) is 37.8 Å². The van der Waals surface area contributed by atoms with E-state index < -0.39 is 5.97 Å². The lowest BCUT2D eigenvalue weighted by molar-refractivity contribution is 0.0600. The van der Waals surface area contributed by atoms with E-state index in [1.807, 2.05) is 4.68 Å². The van der Waals surface area contributed by atoms with Gasteiger partial charge in [0.1, 0.15) is 11.2 Å². The molecule has 8 heteroatoms. The zero-order valence-electron chi connectivity index (χ0n) is 19.3. The Kier molecular flexibility index (Phi) is 5.09. The van der Waals surface area contributed by atoms with Gasteiger partial charge in [-0.05, 0) is 42.7 Å². The summed E-state index contributed by atoms with van der Waals surface area (Å²) < 4.78 is 13.0. The summed E-state index contributed by atoms with van der Waals surface area (Å²) >= 11 is 0. The molecule has 178 valence electrons. The molecule has 0 bridgehead atoms. The summed E-state index contributed by atoms with van der Waals surface area (Å²) in [4.78, 5) is 40.8. The van der Waals surface area contributed by atoms with Gasteiger partial charge in [0, 0.05) is 17.0 Å². The van der Waals surface area contributed by atoms with Crippen LogP contribution in [0.25, 0.3) is 44.2 Å². The Morgan fingerprint density at radius 3 is 2.49 bits per heavy atom. The van der Waals surface area contributed by atoms with Crippen molar-refractivity contribution in [3.05, 3.63) is 68.6 Å². The van der Waals surface area contributed by atoms with Crippen molar-refractivity contribution in [2.24, 2.45) is 0 Å². The van der Waals surface area contributed by atoms with Gasteiger partial charge >= 0.3 is 5.97 Å². The molecule has 0 unspecified atom stereocenters. The van der Waals surface area contributed by atoms with E-state index in [1.165, 1.54) is 32.1 Å². The minimum Gasteiger partial charge on any atom is -0.465 e. The van der Waals surface area contributed by atoms with Gasteiger partial charge in [-0.2, -0.15) is 0 Å². The van der Waals surface area contributed by atoms with E-state index in [0.717, 1.165) is 42.1 Å². The van der Waals surface area contributed by atoms with Gasteiger partial charge in [-0.3, -0.25) is 19.4 Å². The summed E-state index contributed by atoms with van der Waals surface area (Å²) in [5.41, 5.74) is 3.79. The van der Waals surface area contributed by atoms with Gasteiger partial charge in [0.15, 0.2) is 11.0 Å². The number of H-pyrrole nitrogens is 2. The molecule has 1 saturated carbocycles. The number of pyridine rings is 1. The first-order valence-electron chi connectivity index (χ1n) is 12.0. The van der Waals surface area contributed by atoms with Crippen molar-refractivity contribution < 1.29 is 13.9 Å². The number of nitrogens with one attached hydrogen (secondary N) is 2. The molecule has 1 aliphatic rings. The second-order valence-corrected chi connectivity index (χ2v) is 9.21. The Bertz CT molecular complexity index is 1690. The van der Waals surface area contributed by atoms with Crippen LogP contribution in [0.15, 0.2) is 56.5 Å². The van der Waals surface area contributed by atoms with Crippen LogP contribution in [0.4, 0.5) is 0 Å². The number of fused-ring (bicyclic) bond motifs is 4. The van der Waals surface area contributed by atoms with Crippen molar-refractivity contribution >= 4 is 39.1 Å². The average molecular weight is 472 g/mol. The minimum absolute atomic E-state index is 0.147. The number of ether oxygens (including phenoxy) is 1. The highest BCUT2D eigenvalue weighted by Gasteiger charge is 2.25. The fourth-order valence-electron chi connectivity index (χ4n) is 5.37. The largest absolute Gasteiger partial charge is 0.465 e. The quantitative estimate of drug-likeness (QED) is 0.275. The molecule has 6 rings (SSSR count). The van der Waals surface area contributed by atoms with Gasteiger partial charge in [-0.25, -0.2) is 4.79 Å². The molecule has 5 aromatic rings. The van der Waals surface area contributed by atoms with E-state index in [1.54, 1.807) is 30.3 Å². The van der Waals surface area contributed by atoms with Crippen LogP contribution in [0.3, 0.4) is 0 Å². The third-order valence-corrected chi connectivity index (χ3v) is 7.09. The molecular formula is C27H25N3O5. The molecular weight excluding hydrogens is 446 g/mol. The topological polar surface area (TPSA) is 110 Å². The van der Waals surface area contributed by atoms with E-state index in [-0.39, 0.29) is 17.0 Å². The van der Waals surface area contributed by atoms with E-state index in [9.17, 15) is 14.4 Å². The third kappa shape index (κ3) is 3.48. The van der Waals surface area contributed by atoms with Gasteiger partial charge in [0.2, 0.25) is 0 Å². The molecule has 0 atom stereocenters. The highest BCUT2D eigenvalue weighted by molar-refractivity contribution is 6.14. The number of methoxy groups -OCH3 is 1. The first kappa shape index (κ1) is 21.5. The number of esters is 1. The maximum absolute atomic E-state index is 13.4. The van der Waals surface area contributed by atoms with E-state index in [0.29, 0.717) is 33.3 Å². The first-order chi connectivity index (χ1) is 17.0. The number of hydrogen-bond donors (Lipinski definition) is 2. The fourth-order valence-corrected chi connectivity index (χ4v) is 5.37. The SMILES string of the molecule is COC(=O)c1ccc(-c2c3oc4cc(=O)ccc4c3[nH]c3c2c(=O)[nH]n3C2CCCCCC2)cc1. The van der Waals surface area contributed by atoms with Crippen molar-refractivity contribution in [2.45, 2.75) is 44.6 Å². The summed E-state index contributed by atoms with van der Waals surface area (Å²) in [5, 5.41) is 4.35. The first-order valence-corrected chi connectivity index (χ1v) is 12.0. The van der Waals surface area contributed by atoms with Gasteiger partial charge in [0.05, 0.1) is 29.6 Å². The van der Waals surface area contributed by atoms with Crippen LogP contribution in [0.5, 0.6) is 0 Å². The number of nitrogens with zero attached hydrogens (tertiary/aromatic N) is 1. The number of benzene rings is 2. The van der Waals surface area contributed by atoms with Crippen molar-refractivity contribution in [1.82, 2.24) is 14.8 Å². The van der Waals surface area contributed by atoms with Crippen LogP contribution in [0.2, 0.25) is 0 Å². The number of hydrogen-bond acceptors (Lipinski definition) is 5. The molecule has 2 aromatic carbocycles. The van der Waals surface area contributed by atoms with Crippen molar-refractivity contribution in [1.29, 1.82) is 0 Å². The van der Waals surface area contributed by atoms with Crippen LogP contribution in [0, 0.1) is 0 Å². The van der Waals surface area contributed by atoms with E-state index >= 15 is 0 Å². The number of carbonyl (C=O) groups is 1. The van der Waals surface area contributed by atoms with Crippen LogP contribution in [0.1, 0.15) is 54.9 Å². The standard InChI is InChI=1S/C27H25N3O5/c1-34-27(33)16-10-8-15(9-11-16)21-22-25(30(29-26(22)32)17-6-4-2-3-5-7-17)28-23-19-13-12-18(31)14-20(19)35-24(21)23/h8-14,17,28H,2-7H2,1H3,(H,29,32). The fraction of sp³-hybridized carbons (Fsp3) is 0.296. The molecule has 1 fully saturated rings. The number of rotatable bonds is 3. The van der Waals surface area contributed by atoms with Crippen LogP contribution < -0.4 is 11.0 Å². The number of aromatic amines is 2. The second-order valence-electron chi connectivity index (χ2n) is 9.21. The molecule has 0 saturated heterocycles. The average Bonchev–Trinajstić information content (AvgIpc) is 3.25. The predicted molar refractivity (Wildman–Crippen MR) is 134 cm³/mol. The maximum Gasteiger partial charge on any atom is 0.337 e. The lowest BCUT2D eigenvalue weighted by atomic mass is 10.0. The van der Waals surface area contributed by atoms with Crippen molar-refractivity contribution in [2.75, 3.05) is 7.11 Å². The Balaban J connectivity index is 1.68. The number of carbonyl (C=O) groups excluding carboxylic acids is 1. The Labute approximate surface area is 199 Å². The zero-order chi connectivity index (χ0) is 24.1. The third-order valence-electron chi connectivity index (χ3n) is 7.09. The molecule has 3 aromatic heterocycles. The smallest absolute Gasteiger partial charge is 0.337 e. The highest BCUT2D eigenvalue weighted by atomic mass is 16.5. The monoisotopic (exact) mass is 471 g/mol. The summed E-state index contributed by atoms with van der Waals surface area (Å²) in [6.45, 7) is 0. The molecule has 35 heavy (non-hydrogen) atoms. The molecule has 3 heterocycles. The van der Waals surface area contributed by atoms with Crippen LogP contribution >= 0.6 is 0 Å². The molecule has 0 spiro atoms. The highest BCUT2D eigenvalue weighted by Crippen LogP contribution is 2.39. The van der Waals surface area contributed by atoms with Gasteiger partial charge < -0.3 is 14.1 Å².